The summed E-state index contributed by atoms with van der Waals surface area (Å²) in [5, 5.41) is 7.57. The van der Waals surface area contributed by atoms with Gasteiger partial charge in [0.2, 0.25) is 0 Å². The zero-order valence-electron chi connectivity index (χ0n) is 15.2. The van der Waals surface area contributed by atoms with Crippen molar-refractivity contribution in [3.63, 3.8) is 0 Å². The molecular weight excluding hydrogens is 326 g/mol. The van der Waals surface area contributed by atoms with E-state index in [0.29, 0.717) is 18.0 Å². The molecule has 1 unspecified atom stereocenters. The maximum Gasteiger partial charge on any atom is 0.252 e. The van der Waals surface area contributed by atoms with E-state index < -0.39 is 0 Å². The monoisotopic (exact) mass is 353 g/mol. The first-order valence-corrected chi connectivity index (χ1v) is 9.69. The first kappa shape index (κ1) is 17.2. The number of hydrogen-bond acceptors (Lipinski definition) is 4. The molecule has 4 rings (SSSR count). The predicted molar refractivity (Wildman–Crippen MR) is 99.5 cm³/mol. The molecule has 0 radical (unpaired) electrons. The molecule has 2 aliphatic rings. The average Bonchev–Trinajstić information content (AvgIpc) is 3.29. The second-order valence-electron chi connectivity index (χ2n) is 7.67. The van der Waals surface area contributed by atoms with E-state index >= 15 is 0 Å². The van der Waals surface area contributed by atoms with Crippen molar-refractivity contribution in [2.24, 2.45) is 11.8 Å². The van der Waals surface area contributed by atoms with Gasteiger partial charge in [-0.15, -0.1) is 0 Å². The van der Waals surface area contributed by atoms with Crippen LogP contribution in [0.2, 0.25) is 0 Å². The molecule has 0 spiro atoms. The standard InChI is InChI=1S/C20H27N5O/c26-20(18-6-3-8-21-11-18)22-10-17-13-24(12-16-4-1-2-5-16)15-19-7-9-23-25(19)14-17/h3,6-9,11,16-17H,1-2,4-5,10,12-15H2,(H,22,26). The second kappa shape index (κ2) is 7.99. The van der Waals surface area contributed by atoms with E-state index in [1.807, 2.05) is 6.20 Å². The van der Waals surface area contributed by atoms with Gasteiger partial charge >= 0.3 is 0 Å². The lowest BCUT2D eigenvalue weighted by molar-refractivity contribution is 0.0939. The topological polar surface area (TPSA) is 63.1 Å². The molecular formula is C20H27N5O. The summed E-state index contributed by atoms with van der Waals surface area (Å²) in [5.74, 6) is 1.14. The number of carbonyl (C=O) groups is 1. The highest BCUT2D eigenvalue weighted by molar-refractivity contribution is 5.93. The van der Waals surface area contributed by atoms with Gasteiger partial charge in [0.15, 0.2) is 0 Å². The molecule has 3 heterocycles. The number of carbonyl (C=O) groups excluding carboxylic acids is 1. The predicted octanol–water partition coefficient (Wildman–Crippen LogP) is 2.33. The van der Waals surface area contributed by atoms with Gasteiger partial charge in [-0.05, 0) is 37.0 Å². The van der Waals surface area contributed by atoms with Crippen LogP contribution >= 0.6 is 0 Å². The van der Waals surface area contributed by atoms with Gasteiger partial charge in [-0.2, -0.15) is 5.10 Å². The molecule has 0 aromatic carbocycles. The normalized spacial score (nSPS) is 21.3. The zero-order chi connectivity index (χ0) is 17.8. The van der Waals surface area contributed by atoms with Crippen LogP contribution in [0.1, 0.15) is 41.7 Å². The van der Waals surface area contributed by atoms with Gasteiger partial charge in [0.1, 0.15) is 0 Å². The Hall–Kier alpha value is -2.21. The third-order valence-corrected chi connectivity index (χ3v) is 5.60. The van der Waals surface area contributed by atoms with Gasteiger partial charge in [-0.3, -0.25) is 19.4 Å². The lowest BCUT2D eigenvalue weighted by Crippen LogP contribution is -2.38. The van der Waals surface area contributed by atoms with Crippen LogP contribution < -0.4 is 5.32 Å². The van der Waals surface area contributed by atoms with Gasteiger partial charge in [0.05, 0.1) is 11.3 Å². The quantitative estimate of drug-likeness (QED) is 0.896. The van der Waals surface area contributed by atoms with Crippen LogP contribution in [0.25, 0.3) is 0 Å². The largest absolute Gasteiger partial charge is 0.352 e. The number of amides is 1. The Bertz CT molecular complexity index is 723. The maximum atomic E-state index is 12.3. The number of nitrogens with zero attached hydrogens (tertiary/aromatic N) is 4. The van der Waals surface area contributed by atoms with Gasteiger partial charge in [-0.1, -0.05) is 12.8 Å². The SMILES string of the molecule is O=C(NCC1CN(CC2CCCC2)Cc2ccnn2C1)c1cccnc1. The summed E-state index contributed by atoms with van der Waals surface area (Å²) < 4.78 is 2.11. The third kappa shape index (κ3) is 4.12. The summed E-state index contributed by atoms with van der Waals surface area (Å²) in [6, 6.07) is 5.71. The van der Waals surface area contributed by atoms with Crippen LogP contribution in [0.4, 0.5) is 0 Å². The highest BCUT2D eigenvalue weighted by Crippen LogP contribution is 2.27. The molecule has 1 aliphatic carbocycles. The van der Waals surface area contributed by atoms with Crippen LogP contribution in [-0.2, 0) is 13.1 Å². The highest BCUT2D eigenvalue weighted by atomic mass is 16.1. The first-order valence-electron chi connectivity index (χ1n) is 9.69. The molecule has 1 saturated carbocycles. The lowest BCUT2D eigenvalue weighted by atomic mass is 10.1. The molecule has 138 valence electrons. The van der Waals surface area contributed by atoms with Crippen molar-refractivity contribution in [3.05, 3.63) is 48.0 Å². The third-order valence-electron chi connectivity index (χ3n) is 5.60. The lowest BCUT2D eigenvalue weighted by Gasteiger charge is -2.26. The van der Waals surface area contributed by atoms with Crippen molar-refractivity contribution in [3.8, 4) is 0 Å². The fourth-order valence-corrected chi connectivity index (χ4v) is 4.28. The van der Waals surface area contributed by atoms with E-state index in [-0.39, 0.29) is 5.91 Å². The Balaban J connectivity index is 1.40. The maximum absolute atomic E-state index is 12.3. The summed E-state index contributed by atoms with van der Waals surface area (Å²) in [4.78, 5) is 18.9. The summed E-state index contributed by atoms with van der Waals surface area (Å²) in [6.45, 7) is 4.65. The van der Waals surface area contributed by atoms with Gasteiger partial charge in [0.25, 0.3) is 5.91 Å². The summed E-state index contributed by atoms with van der Waals surface area (Å²) in [5.41, 5.74) is 1.90. The molecule has 1 aliphatic heterocycles. The highest BCUT2D eigenvalue weighted by Gasteiger charge is 2.26. The number of pyridine rings is 1. The van der Waals surface area contributed by atoms with Crippen LogP contribution in [0.15, 0.2) is 36.8 Å². The van der Waals surface area contributed by atoms with Crippen LogP contribution in [0, 0.1) is 11.8 Å². The van der Waals surface area contributed by atoms with Crippen molar-refractivity contribution >= 4 is 5.91 Å². The summed E-state index contributed by atoms with van der Waals surface area (Å²) in [7, 11) is 0. The average molecular weight is 353 g/mol. The zero-order valence-corrected chi connectivity index (χ0v) is 15.2. The van der Waals surface area contributed by atoms with Crippen LogP contribution in [-0.4, -0.2) is 45.2 Å². The Labute approximate surface area is 154 Å². The molecule has 26 heavy (non-hydrogen) atoms. The van der Waals surface area contributed by atoms with Crippen molar-refractivity contribution in [1.29, 1.82) is 0 Å². The number of nitrogens with one attached hydrogen (secondary N) is 1. The minimum atomic E-state index is -0.0506. The number of hydrogen-bond donors (Lipinski definition) is 1. The van der Waals surface area contributed by atoms with E-state index in [1.54, 1.807) is 24.5 Å². The van der Waals surface area contributed by atoms with E-state index in [9.17, 15) is 4.79 Å². The van der Waals surface area contributed by atoms with E-state index in [4.69, 9.17) is 0 Å². The number of rotatable bonds is 5. The van der Waals surface area contributed by atoms with E-state index in [0.717, 1.165) is 32.1 Å². The van der Waals surface area contributed by atoms with Gasteiger partial charge < -0.3 is 5.32 Å². The van der Waals surface area contributed by atoms with E-state index in [1.165, 1.54) is 31.4 Å². The first-order chi connectivity index (χ1) is 12.8. The fourth-order valence-electron chi connectivity index (χ4n) is 4.28. The van der Waals surface area contributed by atoms with Gasteiger partial charge in [-0.25, -0.2) is 0 Å². The van der Waals surface area contributed by atoms with Crippen molar-refractivity contribution < 1.29 is 4.79 Å². The molecule has 1 amide bonds. The molecule has 6 nitrogen and oxygen atoms in total. The minimum Gasteiger partial charge on any atom is -0.352 e. The second-order valence-corrected chi connectivity index (χ2v) is 7.67. The molecule has 1 N–H and O–H groups in total. The molecule has 2 aromatic rings. The molecule has 6 heteroatoms. The van der Waals surface area contributed by atoms with Gasteiger partial charge in [0, 0.05) is 57.2 Å². The van der Waals surface area contributed by atoms with E-state index in [2.05, 4.69) is 31.0 Å². The Morgan fingerprint density at radius 1 is 1.15 bits per heavy atom. The number of aromatic nitrogens is 3. The van der Waals surface area contributed by atoms with Crippen molar-refractivity contribution in [1.82, 2.24) is 25.0 Å². The summed E-state index contributed by atoms with van der Waals surface area (Å²) >= 11 is 0. The molecule has 0 saturated heterocycles. The molecule has 0 bridgehead atoms. The Morgan fingerprint density at radius 3 is 2.85 bits per heavy atom. The fraction of sp³-hybridized carbons (Fsp3) is 0.550. The van der Waals surface area contributed by atoms with Crippen LogP contribution in [0.5, 0.6) is 0 Å². The van der Waals surface area contributed by atoms with Crippen LogP contribution in [0.3, 0.4) is 0 Å². The molecule has 2 aromatic heterocycles. The molecule has 1 atom stereocenters. The number of fused-ring (bicyclic) bond motifs is 1. The van der Waals surface area contributed by atoms with Crippen molar-refractivity contribution in [2.75, 3.05) is 19.6 Å². The Morgan fingerprint density at radius 2 is 2.04 bits per heavy atom. The van der Waals surface area contributed by atoms with Crippen molar-refractivity contribution in [2.45, 2.75) is 38.8 Å². The Kier molecular flexibility index (Phi) is 5.29. The smallest absolute Gasteiger partial charge is 0.252 e. The minimum absolute atomic E-state index is 0.0506. The summed E-state index contributed by atoms with van der Waals surface area (Å²) in [6.07, 6.45) is 10.7. The molecule has 1 fully saturated rings.